The van der Waals surface area contributed by atoms with Crippen LogP contribution < -0.4 is 0 Å². The molecular weight excluding hydrogens is 525 g/mol. The third-order valence-electron chi connectivity index (χ3n) is 4.95. The molecule has 2 aromatic rings. The monoisotopic (exact) mass is 547 g/mol. The highest BCUT2D eigenvalue weighted by Crippen LogP contribution is 2.47. The Hall–Kier alpha value is -1.38. The molecule has 0 unspecified atom stereocenters. The molecule has 0 radical (unpaired) electrons. The summed E-state index contributed by atoms with van der Waals surface area (Å²) in [5.41, 5.74) is -0.163. The predicted molar refractivity (Wildman–Crippen MR) is 128 cm³/mol. The van der Waals surface area contributed by atoms with E-state index in [1.54, 1.807) is 24.3 Å². The molecule has 31 heavy (non-hydrogen) atoms. The van der Waals surface area contributed by atoms with E-state index in [2.05, 4.69) is 15.9 Å². The first-order valence-electron chi connectivity index (χ1n) is 9.03. The van der Waals surface area contributed by atoms with Crippen molar-refractivity contribution in [3.8, 4) is 0 Å². The Morgan fingerprint density at radius 1 is 1.10 bits per heavy atom. The van der Waals surface area contributed by atoms with Crippen molar-refractivity contribution in [2.24, 2.45) is 5.41 Å². The van der Waals surface area contributed by atoms with E-state index in [1.807, 2.05) is 20.8 Å². The molecule has 1 heterocycles. The van der Waals surface area contributed by atoms with Crippen molar-refractivity contribution in [1.29, 1.82) is 0 Å². The predicted octanol–water partition coefficient (Wildman–Crippen LogP) is 6.56. The van der Waals surface area contributed by atoms with E-state index in [-0.39, 0.29) is 22.9 Å². The molecule has 5 nitrogen and oxygen atoms in total. The first-order chi connectivity index (χ1) is 13.9. The summed E-state index contributed by atoms with van der Waals surface area (Å²) in [4.78, 5) is 12.2. The Morgan fingerprint density at radius 3 is 2.23 bits per heavy atom. The van der Waals surface area contributed by atoms with Gasteiger partial charge in [0.25, 0.3) is 0 Å². The molecule has 2 atom stereocenters. The average Bonchev–Trinajstić information content (AvgIpc) is 3.06. The van der Waals surface area contributed by atoms with Gasteiger partial charge >= 0.3 is 5.97 Å². The second kappa shape index (κ2) is 9.24. The van der Waals surface area contributed by atoms with Crippen LogP contribution in [0.5, 0.6) is 0 Å². The van der Waals surface area contributed by atoms with Crippen LogP contribution in [0.4, 0.5) is 0 Å². The summed E-state index contributed by atoms with van der Waals surface area (Å²) in [7, 11) is -4.09. The van der Waals surface area contributed by atoms with E-state index < -0.39 is 33.5 Å². The highest BCUT2D eigenvalue weighted by atomic mass is 79.9. The first-order valence-corrected chi connectivity index (χ1v) is 12.0. The third-order valence-corrected chi connectivity index (χ3v) is 8.54. The summed E-state index contributed by atoms with van der Waals surface area (Å²) in [5, 5.41) is 10.4. The lowest BCUT2D eigenvalue weighted by atomic mass is 9.87. The first kappa shape index (κ1) is 25.9. The van der Waals surface area contributed by atoms with Gasteiger partial charge in [-0.15, -0.1) is 0 Å². The number of carboxylic acid groups (broad SMARTS) is 1. The molecule has 0 saturated heterocycles. The molecule has 0 aromatic heterocycles. The molecule has 0 amide bonds. The average molecular weight is 549 g/mol. The largest absolute Gasteiger partial charge is 0.478 e. The number of rotatable bonds is 4. The van der Waals surface area contributed by atoms with E-state index >= 15 is 0 Å². The number of benzene rings is 2. The lowest BCUT2D eigenvalue weighted by Gasteiger charge is -2.37. The van der Waals surface area contributed by atoms with Gasteiger partial charge in [0.15, 0.2) is 0 Å². The van der Waals surface area contributed by atoms with Crippen molar-refractivity contribution in [3.05, 3.63) is 74.2 Å². The van der Waals surface area contributed by atoms with Crippen molar-refractivity contribution in [3.63, 3.8) is 0 Å². The van der Waals surface area contributed by atoms with Gasteiger partial charge in [0, 0.05) is 10.5 Å². The van der Waals surface area contributed by atoms with Gasteiger partial charge in [0.1, 0.15) is 0 Å². The topological polar surface area (TPSA) is 74.7 Å². The molecule has 0 saturated carbocycles. The van der Waals surface area contributed by atoms with Gasteiger partial charge in [-0.05, 0) is 51.2 Å². The maximum Gasteiger partial charge on any atom is 0.333 e. The van der Waals surface area contributed by atoms with E-state index in [1.165, 1.54) is 28.6 Å². The quantitative estimate of drug-likeness (QED) is 0.469. The van der Waals surface area contributed by atoms with Crippen molar-refractivity contribution >= 4 is 55.1 Å². The molecule has 168 valence electrons. The molecule has 1 aliphatic rings. The number of carbonyl (C=O) groups is 1. The van der Waals surface area contributed by atoms with Crippen LogP contribution in [0.1, 0.15) is 39.8 Å². The Balaban J connectivity index is 0.00000341. The van der Waals surface area contributed by atoms with Gasteiger partial charge in [-0.1, -0.05) is 75.7 Å². The van der Waals surface area contributed by atoms with Crippen LogP contribution in [0, 0.1) is 5.41 Å². The fourth-order valence-electron chi connectivity index (χ4n) is 3.52. The molecule has 2 aromatic carbocycles. The Bertz CT molecular complexity index is 1140. The summed E-state index contributed by atoms with van der Waals surface area (Å²) in [5.74, 6) is -1.19. The van der Waals surface area contributed by atoms with Crippen molar-refractivity contribution < 1.29 is 18.3 Å². The van der Waals surface area contributed by atoms with Crippen LogP contribution in [0.25, 0.3) is 0 Å². The van der Waals surface area contributed by atoms with E-state index in [4.69, 9.17) is 23.2 Å². The SMILES string of the molecule is C.CC(C)(C)[C@@H]1C=C(C(=O)O)[C@H](c2ccc(Cl)c(Cl)c2)N1S(=O)(=O)c1ccccc1Br. The lowest BCUT2D eigenvalue weighted by Crippen LogP contribution is -2.45. The lowest BCUT2D eigenvalue weighted by molar-refractivity contribution is -0.133. The molecule has 0 fully saturated rings. The minimum Gasteiger partial charge on any atom is -0.478 e. The van der Waals surface area contributed by atoms with E-state index in [0.717, 1.165) is 0 Å². The number of halogens is 3. The van der Waals surface area contributed by atoms with Crippen LogP contribution in [0.2, 0.25) is 10.0 Å². The molecule has 1 N–H and O–H groups in total. The molecule has 1 aliphatic heterocycles. The number of sulfonamides is 1. The van der Waals surface area contributed by atoms with Crippen LogP contribution in [0.3, 0.4) is 0 Å². The summed E-state index contributed by atoms with van der Waals surface area (Å²) < 4.78 is 29.3. The van der Waals surface area contributed by atoms with Crippen LogP contribution in [-0.4, -0.2) is 29.8 Å². The Kier molecular flexibility index (Phi) is 7.71. The second-order valence-electron chi connectivity index (χ2n) is 8.08. The van der Waals surface area contributed by atoms with Crippen LogP contribution in [-0.2, 0) is 14.8 Å². The fraction of sp³-hybridized carbons (Fsp3) is 0.318. The van der Waals surface area contributed by atoms with Crippen LogP contribution >= 0.6 is 39.1 Å². The summed E-state index contributed by atoms with van der Waals surface area (Å²) in [6, 6.07) is 9.36. The molecule has 3 rings (SSSR count). The van der Waals surface area contributed by atoms with Gasteiger partial charge in [-0.3, -0.25) is 0 Å². The minimum absolute atomic E-state index is 0. The second-order valence-corrected chi connectivity index (χ2v) is 11.6. The normalized spacial score (nSPS) is 19.6. The number of carboxylic acids is 1. The number of hydrogen-bond donors (Lipinski definition) is 1. The molecular formula is C22H24BrCl2NO4S. The van der Waals surface area contributed by atoms with E-state index in [9.17, 15) is 18.3 Å². The summed E-state index contributed by atoms with van der Waals surface area (Å²) in [6.07, 6.45) is 1.52. The van der Waals surface area contributed by atoms with Crippen molar-refractivity contribution in [2.75, 3.05) is 0 Å². The maximum atomic E-state index is 13.8. The third kappa shape index (κ3) is 4.86. The van der Waals surface area contributed by atoms with Gasteiger partial charge in [-0.2, -0.15) is 4.31 Å². The summed E-state index contributed by atoms with van der Waals surface area (Å²) in [6.45, 7) is 5.61. The van der Waals surface area contributed by atoms with Gasteiger partial charge in [0.2, 0.25) is 10.0 Å². The zero-order chi connectivity index (χ0) is 22.4. The van der Waals surface area contributed by atoms with Gasteiger partial charge in [0.05, 0.1) is 26.6 Å². The highest BCUT2D eigenvalue weighted by molar-refractivity contribution is 9.10. The van der Waals surface area contributed by atoms with E-state index in [0.29, 0.717) is 15.1 Å². The Morgan fingerprint density at radius 2 is 1.71 bits per heavy atom. The zero-order valence-electron chi connectivity index (χ0n) is 16.4. The number of hydrogen-bond acceptors (Lipinski definition) is 3. The zero-order valence-corrected chi connectivity index (χ0v) is 20.3. The molecule has 9 heteroatoms. The van der Waals surface area contributed by atoms with Gasteiger partial charge in [-0.25, -0.2) is 13.2 Å². The minimum atomic E-state index is -4.09. The van der Waals surface area contributed by atoms with Crippen molar-refractivity contribution in [2.45, 2.75) is 45.2 Å². The van der Waals surface area contributed by atoms with Crippen LogP contribution in [0.15, 0.2) is 63.5 Å². The molecule has 0 bridgehead atoms. The smallest absolute Gasteiger partial charge is 0.333 e. The van der Waals surface area contributed by atoms with Crippen molar-refractivity contribution in [1.82, 2.24) is 4.31 Å². The number of nitrogens with zero attached hydrogens (tertiary/aromatic N) is 1. The standard InChI is InChI=1S/C21H20BrCl2NO4S.CH4/c1-21(2,3)18-11-13(20(26)27)19(12-8-9-15(23)16(24)10-12)25(18)30(28,29)17-7-5-4-6-14(17)22;/h4-11,18-19H,1-3H3,(H,26,27);1H4/t18-,19-;/m0./s1. The fourth-order valence-corrected chi connectivity index (χ4v) is 6.70. The summed E-state index contributed by atoms with van der Waals surface area (Å²) >= 11 is 15.5. The highest BCUT2D eigenvalue weighted by Gasteiger charge is 2.50. The molecule has 0 spiro atoms. The Labute approximate surface area is 201 Å². The maximum absolute atomic E-state index is 13.8. The molecule has 0 aliphatic carbocycles. The number of aliphatic carboxylic acids is 1. The van der Waals surface area contributed by atoms with Gasteiger partial charge < -0.3 is 5.11 Å².